The molecule has 20 heavy (non-hydrogen) atoms. The number of benzene rings is 1. The summed E-state index contributed by atoms with van der Waals surface area (Å²) in [7, 11) is 1.91. The number of hydrogen-bond donors (Lipinski definition) is 1. The summed E-state index contributed by atoms with van der Waals surface area (Å²) in [6, 6.07) is 11.7. The van der Waals surface area contributed by atoms with E-state index in [1.165, 1.54) is 0 Å². The number of rotatable bonds is 7. The zero-order chi connectivity index (χ0) is 14.2. The maximum Gasteiger partial charge on any atom is 0.166 e. The van der Waals surface area contributed by atoms with E-state index in [0.717, 1.165) is 29.3 Å². The van der Waals surface area contributed by atoms with Crippen molar-refractivity contribution in [2.75, 3.05) is 13.7 Å². The van der Waals surface area contributed by atoms with Crippen LogP contribution in [-0.4, -0.2) is 18.6 Å². The summed E-state index contributed by atoms with van der Waals surface area (Å²) in [5.41, 5.74) is 1.98. The van der Waals surface area contributed by atoms with Crippen LogP contribution in [-0.2, 0) is 13.2 Å². The molecule has 0 saturated heterocycles. The average molecular weight is 272 g/mol. The standard InChI is InChI=1S/C16H20N2O2/c1-3-19-15-9-6-7-13(11-17-2)16(15)20-12-14-8-4-5-10-18-14/h4-10,17H,3,11-12H2,1-2H3. The second-order valence-electron chi connectivity index (χ2n) is 4.32. The highest BCUT2D eigenvalue weighted by atomic mass is 16.5. The minimum Gasteiger partial charge on any atom is -0.490 e. The van der Waals surface area contributed by atoms with Crippen LogP contribution < -0.4 is 14.8 Å². The molecular weight excluding hydrogens is 252 g/mol. The Kier molecular flexibility index (Phi) is 5.38. The first-order chi connectivity index (χ1) is 9.85. The third kappa shape index (κ3) is 3.71. The van der Waals surface area contributed by atoms with Crippen molar-refractivity contribution in [2.24, 2.45) is 0 Å². The van der Waals surface area contributed by atoms with Gasteiger partial charge in [0, 0.05) is 18.3 Å². The summed E-state index contributed by atoms with van der Waals surface area (Å²) >= 11 is 0. The molecule has 0 aliphatic carbocycles. The van der Waals surface area contributed by atoms with E-state index in [1.807, 2.05) is 50.4 Å². The summed E-state index contributed by atoms with van der Waals surface area (Å²) in [4.78, 5) is 4.26. The van der Waals surface area contributed by atoms with E-state index >= 15 is 0 Å². The molecule has 1 heterocycles. The van der Waals surface area contributed by atoms with Crippen LogP contribution in [0.15, 0.2) is 42.6 Å². The van der Waals surface area contributed by atoms with E-state index in [4.69, 9.17) is 9.47 Å². The first-order valence-corrected chi connectivity index (χ1v) is 6.77. The van der Waals surface area contributed by atoms with Crippen LogP contribution in [0.3, 0.4) is 0 Å². The van der Waals surface area contributed by atoms with Crippen LogP contribution in [0.4, 0.5) is 0 Å². The Labute approximate surface area is 119 Å². The van der Waals surface area contributed by atoms with Gasteiger partial charge in [0.25, 0.3) is 0 Å². The van der Waals surface area contributed by atoms with Crippen LogP contribution in [0, 0.1) is 0 Å². The van der Waals surface area contributed by atoms with Gasteiger partial charge in [-0.05, 0) is 32.2 Å². The fourth-order valence-corrected chi connectivity index (χ4v) is 1.95. The van der Waals surface area contributed by atoms with Crippen LogP contribution in [0.1, 0.15) is 18.2 Å². The Bertz CT molecular complexity index is 505. The van der Waals surface area contributed by atoms with Gasteiger partial charge in [0.05, 0.1) is 12.3 Å². The zero-order valence-electron chi connectivity index (χ0n) is 11.9. The molecule has 2 aromatic rings. The number of aromatic nitrogens is 1. The quantitative estimate of drug-likeness (QED) is 0.841. The van der Waals surface area contributed by atoms with Crippen LogP contribution >= 0.6 is 0 Å². The number of hydrogen-bond acceptors (Lipinski definition) is 4. The molecule has 0 spiro atoms. The predicted octanol–water partition coefficient (Wildman–Crippen LogP) is 2.78. The highest BCUT2D eigenvalue weighted by Crippen LogP contribution is 2.32. The first-order valence-electron chi connectivity index (χ1n) is 6.77. The third-order valence-corrected chi connectivity index (χ3v) is 2.82. The van der Waals surface area contributed by atoms with Crippen LogP contribution in [0.25, 0.3) is 0 Å². The van der Waals surface area contributed by atoms with Crippen molar-refractivity contribution in [3.63, 3.8) is 0 Å². The van der Waals surface area contributed by atoms with Crippen molar-refractivity contribution >= 4 is 0 Å². The van der Waals surface area contributed by atoms with Gasteiger partial charge in [0.1, 0.15) is 6.61 Å². The summed E-state index contributed by atoms with van der Waals surface area (Å²) in [6.45, 7) is 3.75. The van der Waals surface area contributed by atoms with Gasteiger partial charge in [-0.15, -0.1) is 0 Å². The molecule has 0 radical (unpaired) electrons. The van der Waals surface area contributed by atoms with Gasteiger partial charge in [-0.2, -0.15) is 0 Å². The Hall–Kier alpha value is -2.07. The molecule has 0 fully saturated rings. The second-order valence-corrected chi connectivity index (χ2v) is 4.32. The molecule has 0 atom stereocenters. The number of pyridine rings is 1. The lowest BCUT2D eigenvalue weighted by molar-refractivity contribution is 0.263. The topological polar surface area (TPSA) is 43.4 Å². The van der Waals surface area contributed by atoms with Gasteiger partial charge in [-0.3, -0.25) is 4.98 Å². The molecule has 0 amide bonds. The lowest BCUT2D eigenvalue weighted by Gasteiger charge is -2.15. The highest BCUT2D eigenvalue weighted by Gasteiger charge is 2.11. The van der Waals surface area contributed by atoms with Gasteiger partial charge < -0.3 is 14.8 Å². The second kappa shape index (κ2) is 7.50. The maximum atomic E-state index is 5.93. The number of nitrogens with zero attached hydrogens (tertiary/aromatic N) is 1. The SMILES string of the molecule is CCOc1cccc(CNC)c1OCc1ccccn1. The van der Waals surface area contributed by atoms with Gasteiger partial charge in [-0.1, -0.05) is 18.2 Å². The molecule has 0 aliphatic heterocycles. The minimum absolute atomic E-state index is 0.432. The van der Waals surface area contributed by atoms with Crippen molar-refractivity contribution in [1.82, 2.24) is 10.3 Å². The van der Waals surface area contributed by atoms with Gasteiger partial charge >= 0.3 is 0 Å². The van der Waals surface area contributed by atoms with Crippen molar-refractivity contribution in [3.05, 3.63) is 53.9 Å². The summed E-state index contributed by atoms with van der Waals surface area (Å²) < 4.78 is 11.6. The Morgan fingerprint density at radius 1 is 1.10 bits per heavy atom. The molecule has 4 nitrogen and oxygen atoms in total. The molecule has 1 N–H and O–H groups in total. The molecule has 106 valence electrons. The fraction of sp³-hybridized carbons (Fsp3) is 0.312. The van der Waals surface area contributed by atoms with Crippen molar-refractivity contribution < 1.29 is 9.47 Å². The fourth-order valence-electron chi connectivity index (χ4n) is 1.95. The number of nitrogens with one attached hydrogen (secondary N) is 1. The molecule has 1 aromatic carbocycles. The van der Waals surface area contributed by atoms with Gasteiger partial charge in [0.15, 0.2) is 11.5 Å². The number of para-hydroxylation sites is 1. The van der Waals surface area contributed by atoms with E-state index < -0.39 is 0 Å². The highest BCUT2D eigenvalue weighted by molar-refractivity contribution is 5.46. The smallest absolute Gasteiger partial charge is 0.166 e. The molecule has 0 saturated carbocycles. The molecule has 0 bridgehead atoms. The molecule has 4 heteroatoms. The van der Waals surface area contributed by atoms with E-state index in [0.29, 0.717) is 13.2 Å². The molecule has 0 unspecified atom stereocenters. The molecule has 2 rings (SSSR count). The van der Waals surface area contributed by atoms with Gasteiger partial charge in [-0.25, -0.2) is 0 Å². The van der Waals surface area contributed by atoms with Crippen LogP contribution in [0.2, 0.25) is 0 Å². The summed E-state index contributed by atoms with van der Waals surface area (Å²) in [5.74, 6) is 1.56. The van der Waals surface area contributed by atoms with E-state index in [9.17, 15) is 0 Å². The third-order valence-electron chi connectivity index (χ3n) is 2.82. The Balaban J connectivity index is 2.18. The van der Waals surface area contributed by atoms with E-state index in [1.54, 1.807) is 6.20 Å². The molecule has 0 aliphatic rings. The monoisotopic (exact) mass is 272 g/mol. The van der Waals surface area contributed by atoms with Crippen molar-refractivity contribution in [2.45, 2.75) is 20.1 Å². The van der Waals surface area contributed by atoms with E-state index in [-0.39, 0.29) is 0 Å². The summed E-state index contributed by atoms with van der Waals surface area (Å²) in [5, 5.41) is 3.14. The molecule has 1 aromatic heterocycles. The average Bonchev–Trinajstić information content (AvgIpc) is 2.48. The normalized spacial score (nSPS) is 10.3. The lowest BCUT2D eigenvalue weighted by atomic mass is 10.2. The van der Waals surface area contributed by atoms with Crippen molar-refractivity contribution in [3.8, 4) is 11.5 Å². The number of ether oxygens (including phenoxy) is 2. The summed E-state index contributed by atoms with van der Waals surface area (Å²) in [6.07, 6.45) is 1.77. The zero-order valence-corrected chi connectivity index (χ0v) is 11.9. The Morgan fingerprint density at radius 3 is 2.70 bits per heavy atom. The minimum atomic E-state index is 0.432. The predicted molar refractivity (Wildman–Crippen MR) is 78.9 cm³/mol. The lowest BCUT2D eigenvalue weighted by Crippen LogP contribution is -2.09. The van der Waals surface area contributed by atoms with Gasteiger partial charge in [0.2, 0.25) is 0 Å². The maximum absolute atomic E-state index is 5.93. The first kappa shape index (κ1) is 14.3. The van der Waals surface area contributed by atoms with E-state index in [2.05, 4.69) is 10.3 Å². The van der Waals surface area contributed by atoms with Crippen LogP contribution in [0.5, 0.6) is 11.5 Å². The van der Waals surface area contributed by atoms with Crippen molar-refractivity contribution in [1.29, 1.82) is 0 Å². The molecular formula is C16H20N2O2. The Morgan fingerprint density at radius 2 is 2.00 bits per heavy atom. The largest absolute Gasteiger partial charge is 0.490 e.